The summed E-state index contributed by atoms with van der Waals surface area (Å²) in [4.78, 5) is 2.39. The van der Waals surface area contributed by atoms with E-state index < -0.39 is 10.0 Å². The molecule has 0 aliphatic carbocycles. The molecule has 0 aromatic heterocycles. The van der Waals surface area contributed by atoms with Gasteiger partial charge in [-0.1, -0.05) is 20.3 Å². The smallest absolute Gasteiger partial charge is 0.211 e. The van der Waals surface area contributed by atoms with Crippen LogP contribution in [0.15, 0.2) is 0 Å². The summed E-state index contributed by atoms with van der Waals surface area (Å²) in [6.45, 7) is 9.93. The van der Waals surface area contributed by atoms with Crippen molar-refractivity contribution in [2.45, 2.75) is 65.0 Å². The van der Waals surface area contributed by atoms with Crippen LogP contribution in [0.4, 0.5) is 0 Å². The van der Waals surface area contributed by atoms with Crippen molar-refractivity contribution in [2.75, 3.05) is 31.9 Å². The van der Waals surface area contributed by atoms with Gasteiger partial charge in [-0.2, -0.15) is 0 Å². The van der Waals surface area contributed by atoms with Crippen LogP contribution in [0.1, 0.15) is 52.9 Å². The lowest BCUT2D eigenvalue weighted by atomic mass is 10.1. The summed E-state index contributed by atoms with van der Waals surface area (Å²) >= 11 is 0. The molecule has 2 N–H and O–H groups in total. The van der Waals surface area contributed by atoms with E-state index in [9.17, 15) is 8.42 Å². The molecule has 21 heavy (non-hydrogen) atoms. The van der Waals surface area contributed by atoms with Gasteiger partial charge in [0.1, 0.15) is 0 Å². The summed E-state index contributed by atoms with van der Waals surface area (Å²) in [6, 6.07) is 0.757. The van der Waals surface area contributed by atoms with Crippen LogP contribution < -0.4 is 10.0 Å². The minimum atomic E-state index is -3.12. The normalized spacial score (nSPS) is 19.0. The highest BCUT2D eigenvalue weighted by atomic mass is 32.2. The fraction of sp³-hybridized carbons (Fsp3) is 1.00. The largest absolute Gasteiger partial charge is 0.315 e. The maximum absolute atomic E-state index is 12.0. The van der Waals surface area contributed by atoms with Gasteiger partial charge in [0.05, 0.1) is 5.75 Å². The third-order valence-electron chi connectivity index (χ3n) is 4.01. The van der Waals surface area contributed by atoms with Crippen molar-refractivity contribution >= 4 is 10.0 Å². The number of nitrogens with one attached hydrogen (secondary N) is 2. The molecule has 1 atom stereocenters. The summed E-state index contributed by atoms with van der Waals surface area (Å²) < 4.78 is 26.7. The summed E-state index contributed by atoms with van der Waals surface area (Å²) in [5.41, 5.74) is 0. The van der Waals surface area contributed by atoms with Gasteiger partial charge in [0, 0.05) is 18.6 Å². The molecule has 0 amide bonds. The highest BCUT2D eigenvalue weighted by Gasteiger charge is 2.18. The van der Waals surface area contributed by atoms with E-state index in [1.807, 2.05) is 0 Å². The van der Waals surface area contributed by atoms with Gasteiger partial charge in [-0.25, -0.2) is 13.1 Å². The number of nitrogens with zero attached hydrogens (tertiary/aromatic N) is 1. The topological polar surface area (TPSA) is 61.4 Å². The second kappa shape index (κ2) is 9.77. The Kier molecular flexibility index (Phi) is 8.78. The van der Waals surface area contributed by atoms with E-state index in [0.717, 1.165) is 26.1 Å². The molecule has 1 aliphatic rings. The number of likely N-dealkylation sites (tertiary alicyclic amines) is 1. The fourth-order valence-corrected chi connectivity index (χ4v) is 3.84. The first-order valence-corrected chi connectivity index (χ1v) is 10.0. The maximum Gasteiger partial charge on any atom is 0.211 e. The van der Waals surface area contributed by atoms with Crippen LogP contribution in [0.2, 0.25) is 0 Å². The predicted octanol–water partition coefficient (Wildman–Crippen LogP) is 1.56. The highest BCUT2D eigenvalue weighted by Crippen LogP contribution is 2.11. The first kappa shape index (κ1) is 18.9. The second-order valence-electron chi connectivity index (χ2n) is 6.43. The Morgan fingerprint density at radius 1 is 1.05 bits per heavy atom. The van der Waals surface area contributed by atoms with Crippen molar-refractivity contribution in [1.29, 1.82) is 0 Å². The molecule has 0 aromatic rings. The van der Waals surface area contributed by atoms with Crippen LogP contribution >= 0.6 is 0 Å². The molecule has 1 heterocycles. The second-order valence-corrected chi connectivity index (χ2v) is 8.36. The average molecular weight is 320 g/mol. The van der Waals surface area contributed by atoms with Gasteiger partial charge < -0.3 is 5.32 Å². The molecule has 126 valence electrons. The van der Waals surface area contributed by atoms with Gasteiger partial charge in [0.2, 0.25) is 10.0 Å². The van der Waals surface area contributed by atoms with E-state index >= 15 is 0 Å². The first-order chi connectivity index (χ1) is 9.91. The monoisotopic (exact) mass is 319 g/mol. The van der Waals surface area contributed by atoms with Crippen LogP contribution in [0.3, 0.4) is 0 Å². The fourth-order valence-electron chi connectivity index (χ4n) is 2.62. The Labute approximate surface area is 130 Å². The van der Waals surface area contributed by atoms with Crippen LogP contribution in [-0.4, -0.2) is 57.3 Å². The van der Waals surface area contributed by atoms with E-state index in [1.54, 1.807) is 0 Å². The van der Waals surface area contributed by atoms with E-state index in [1.165, 1.54) is 19.3 Å². The molecule has 0 aromatic carbocycles. The van der Waals surface area contributed by atoms with Gasteiger partial charge in [-0.05, 0) is 52.2 Å². The molecule has 0 saturated carbocycles. The molecular formula is C15H33N3O2S. The number of hydrogen-bond donors (Lipinski definition) is 2. The number of rotatable bonds is 10. The molecule has 0 bridgehead atoms. The lowest BCUT2D eigenvalue weighted by Gasteiger charge is -2.32. The van der Waals surface area contributed by atoms with E-state index in [-0.39, 0.29) is 5.75 Å². The standard InChI is InChI=1S/C15H33N3O2S/c1-14(2)16-9-5-8-12-21(19,20)17-13-15(3)18-10-6-4-7-11-18/h14-17H,4-13H2,1-3H3. The molecule has 1 rings (SSSR count). The Morgan fingerprint density at radius 3 is 2.33 bits per heavy atom. The third kappa shape index (κ3) is 8.76. The van der Waals surface area contributed by atoms with Gasteiger partial charge in [-0.3, -0.25) is 4.90 Å². The molecule has 1 aliphatic heterocycles. The zero-order valence-electron chi connectivity index (χ0n) is 13.9. The zero-order chi connectivity index (χ0) is 15.7. The molecular weight excluding hydrogens is 286 g/mol. The summed E-state index contributed by atoms with van der Waals surface area (Å²) in [5, 5.41) is 3.30. The zero-order valence-corrected chi connectivity index (χ0v) is 14.7. The average Bonchev–Trinajstić information content (AvgIpc) is 2.45. The van der Waals surface area contributed by atoms with Gasteiger partial charge >= 0.3 is 0 Å². The predicted molar refractivity (Wildman–Crippen MR) is 89.0 cm³/mol. The SMILES string of the molecule is CC(C)NCCCCS(=O)(=O)NCC(C)N1CCCCC1. The van der Waals surface area contributed by atoms with Gasteiger partial charge in [0.15, 0.2) is 0 Å². The van der Waals surface area contributed by atoms with Crippen molar-refractivity contribution in [3.8, 4) is 0 Å². The van der Waals surface area contributed by atoms with Gasteiger partial charge in [0.25, 0.3) is 0 Å². The van der Waals surface area contributed by atoms with Crippen molar-refractivity contribution in [2.24, 2.45) is 0 Å². The van der Waals surface area contributed by atoms with Crippen LogP contribution in [0.25, 0.3) is 0 Å². The summed E-state index contributed by atoms with van der Waals surface area (Å²) in [5.74, 6) is 0.236. The Balaban J connectivity index is 2.16. The van der Waals surface area contributed by atoms with Crippen molar-refractivity contribution in [3.63, 3.8) is 0 Å². The Hall–Kier alpha value is -0.170. The quantitative estimate of drug-likeness (QED) is 0.600. The summed E-state index contributed by atoms with van der Waals surface area (Å²) in [7, 11) is -3.12. The highest BCUT2D eigenvalue weighted by molar-refractivity contribution is 7.89. The number of hydrogen-bond acceptors (Lipinski definition) is 4. The Bertz CT molecular complexity index is 365. The molecule has 6 heteroatoms. The molecule has 1 unspecified atom stereocenters. The van der Waals surface area contributed by atoms with Crippen LogP contribution in [0.5, 0.6) is 0 Å². The Morgan fingerprint density at radius 2 is 1.71 bits per heavy atom. The van der Waals surface area contributed by atoms with Gasteiger partial charge in [-0.15, -0.1) is 0 Å². The van der Waals surface area contributed by atoms with Crippen molar-refractivity contribution in [3.05, 3.63) is 0 Å². The van der Waals surface area contributed by atoms with Crippen LogP contribution in [-0.2, 0) is 10.0 Å². The molecule has 1 saturated heterocycles. The lowest BCUT2D eigenvalue weighted by molar-refractivity contribution is 0.175. The summed E-state index contributed by atoms with van der Waals surface area (Å²) in [6.07, 6.45) is 5.40. The maximum atomic E-state index is 12.0. The molecule has 5 nitrogen and oxygen atoms in total. The number of sulfonamides is 1. The van der Waals surface area contributed by atoms with Crippen molar-refractivity contribution in [1.82, 2.24) is 14.9 Å². The number of piperidine rings is 1. The third-order valence-corrected chi connectivity index (χ3v) is 5.44. The van der Waals surface area contributed by atoms with Crippen LogP contribution in [0, 0.1) is 0 Å². The molecule has 1 fully saturated rings. The van der Waals surface area contributed by atoms with E-state index in [2.05, 4.69) is 35.7 Å². The lowest BCUT2D eigenvalue weighted by Crippen LogP contribution is -2.44. The minimum Gasteiger partial charge on any atom is -0.315 e. The number of unbranched alkanes of at least 4 members (excludes halogenated alkanes) is 1. The first-order valence-electron chi connectivity index (χ1n) is 8.35. The van der Waals surface area contributed by atoms with Crippen molar-refractivity contribution < 1.29 is 8.42 Å². The molecule has 0 spiro atoms. The van der Waals surface area contributed by atoms with E-state index in [0.29, 0.717) is 25.0 Å². The minimum absolute atomic E-state index is 0.236. The molecule has 0 radical (unpaired) electrons. The van der Waals surface area contributed by atoms with E-state index in [4.69, 9.17) is 0 Å².